The number of anilines is 1. The van der Waals surface area contributed by atoms with E-state index in [9.17, 15) is 9.59 Å². The maximum absolute atomic E-state index is 12.9. The first-order chi connectivity index (χ1) is 14.9. The van der Waals surface area contributed by atoms with Crippen LogP contribution in [0.4, 0.5) is 5.82 Å². The molecule has 0 aliphatic rings. The average Bonchev–Trinajstić information content (AvgIpc) is 3.12. The molecule has 0 atom stereocenters. The standard InChI is InChI=1S/C23H23N5O2S/c1-15(2)27-22(30)18-11-7-8-12-19(18)24-23(27)31-14-21(29)25-20-13-16(3)26-28(20)17-9-5-4-6-10-17/h4-13,15H,14H2,1-3H3,(H,25,29). The summed E-state index contributed by atoms with van der Waals surface area (Å²) in [6.45, 7) is 5.75. The largest absolute Gasteiger partial charge is 0.310 e. The van der Waals surface area contributed by atoms with Crippen LogP contribution in [0.5, 0.6) is 0 Å². The number of carbonyl (C=O) groups is 1. The molecule has 0 spiro atoms. The molecular formula is C23H23N5O2S. The average molecular weight is 434 g/mol. The van der Waals surface area contributed by atoms with E-state index in [2.05, 4.69) is 15.4 Å². The van der Waals surface area contributed by atoms with E-state index in [1.807, 2.05) is 75.4 Å². The van der Waals surface area contributed by atoms with Crippen molar-refractivity contribution < 1.29 is 4.79 Å². The van der Waals surface area contributed by atoms with E-state index < -0.39 is 0 Å². The number of nitrogens with zero attached hydrogens (tertiary/aromatic N) is 4. The number of hydrogen-bond donors (Lipinski definition) is 1. The Morgan fingerprint density at radius 1 is 1.10 bits per heavy atom. The number of thioether (sulfide) groups is 1. The topological polar surface area (TPSA) is 81.8 Å². The first-order valence-corrected chi connectivity index (χ1v) is 11.0. The fourth-order valence-corrected chi connectivity index (χ4v) is 4.27. The van der Waals surface area contributed by atoms with E-state index in [1.165, 1.54) is 11.8 Å². The van der Waals surface area contributed by atoms with Gasteiger partial charge in [-0.05, 0) is 45.0 Å². The second kappa shape index (κ2) is 8.77. The van der Waals surface area contributed by atoms with Gasteiger partial charge in [0.15, 0.2) is 5.16 Å². The highest BCUT2D eigenvalue weighted by Crippen LogP contribution is 2.22. The summed E-state index contributed by atoms with van der Waals surface area (Å²) >= 11 is 1.25. The van der Waals surface area contributed by atoms with E-state index in [1.54, 1.807) is 15.3 Å². The van der Waals surface area contributed by atoms with Gasteiger partial charge in [0.1, 0.15) is 5.82 Å². The molecule has 1 amide bonds. The van der Waals surface area contributed by atoms with Crippen LogP contribution < -0.4 is 10.9 Å². The van der Waals surface area contributed by atoms with Crippen LogP contribution in [0.15, 0.2) is 70.6 Å². The fraction of sp³-hybridized carbons (Fsp3) is 0.217. The van der Waals surface area contributed by atoms with Gasteiger partial charge in [0.25, 0.3) is 5.56 Å². The first-order valence-electron chi connectivity index (χ1n) is 10.00. The summed E-state index contributed by atoms with van der Waals surface area (Å²) in [5.41, 5.74) is 2.20. The van der Waals surface area contributed by atoms with Crippen molar-refractivity contribution in [1.82, 2.24) is 19.3 Å². The van der Waals surface area contributed by atoms with Gasteiger partial charge in [0.2, 0.25) is 5.91 Å². The SMILES string of the molecule is Cc1cc(NC(=O)CSc2nc3ccccc3c(=O)n2C(C)C)n(-c2ccccc2)n1. The van der Waals surface area contributed by atoms with Crippen LogP contribution in [0.1, 0.15) is 25.6 Å². The lowest BCUT2D eigenvalue weighted by atomic mass is 10.2. The first kappa shape index (κ1) is 20.9. The van der Waals surface area contributed by atoms with Crippen LogP contribution in [-0.2, 0) is 4.79 Å². The number of nitrogens with one attached hydrogen (secondary N) is 1. The molecule has 0 radical (unpaired) electrons. The number of aromatic nitrogens is 4. The molecule has 8 heteroatoms. The van der Waals surface area contributed by atoms with Crippen molar-refractivity contribution in [2.24, 2.45) is 0 Å². The normalized spacial score (nSPS) is 11.2. The third-order valence-electron chi connectivity index (χ3n) is 4.72. The van der Waals surface area contributed by atoms with Crippen molar-refractivity contribution in [3.05, 3.63) is 76.7 Å². The zero-order valence-corrected chi connectivity index (χ0v) is 18.4. The molecule has 0 saturated heterocycles. The highest BCUT2D eigenvalue weighted by molar-refractivity contribution is 7.99. The smallest absolute Gasteiger partial charge is 0.262 e. The maximum Gasteiger partial charge on any atom is 0.262 e. The van der Waals surface area contributed by atoms with Crippen LogP contribution in [0, 0.1) is 6.92 Å². The van der Waals surface area contributed by atoms with Crippen molar-refractivity contribution in [3.8, 4) is 5.69 Å². The number of benzene rings is 2. The number of para-hydroxylation sites is 2. The Morgan fingerprint density at radius 3 is 2.55 bits per heavy atom. The van der Waals surface area contributed by atoms with Gasteiger partial charge in [-0.1, -0.05) is 42.1 Å². The minimum Gasteiger partial charge on any atom is -0.310 e. The molecule has 4 aromatic rings. The Balaban J connectivity index is 1.56. The molecule has 0 bridgehead atoms. The fourth-order valence-electron chi connectivity index (χ4n) is 3.35. The van der Waals surface area contributed by atoms with Crippen LogP contribution in [0.25, 0.3) is 16.6 Å². The molecule has 2 aromatic heterocycles. The lowest BCUT2D eigenvalue weighted by molar-refractivity contribution is -0.113. The predicted octanol–water partition coefficient (Wildman–Crippen LogP) is 4.20. The summed E-state index contributed by atoms with van der Waals surface area (Å²) in [5.74, 6) is 0.526. The molecule has 0 aliphatic heterocycles. The molecule has 0 unspecified atom stereocenters. The molecule has 0 aliphatic carbocycles. The maximum atomic E-state index is 12.9. The van der Waals surface area contributed by atoms with E-state index >= 15 is 0 Å². The second-order valence-electron chi connectivity index (χ2n) is 7.44. The lowest BCUT2D eigenvalue weighted by Gasteiger charge is -2.16. The summed E-state index contributed by atoms with van der Waals surface area (Å²) in [6, 6.07) is 18.6. The molecule has 0 fully saturated rings. The Bertz CT molecular complexity index is 1290. The summed E-state index contributed by atoms with van der Waals surface area (Å²) in [6.07, 6.45) is 0. The van der Waals surface area contributed by atoms with Crippen LogP contribution in [0.3, 0.4) is 0 Å². The van der Waals surface area contributed by atoms with Crippen molar-refractivity contribution >= 4 is 34.4 Å². The number of hydrogen-bond acceptors (Lipinski definition) is 5. The molecule has 31 heavy (non-hydrogen) atoms. The van der Waals surface area contributed by atoms with Crippen molar-refractivity contribution in [1.29, 1.82) is 0 Å². The predicted molar refractivity (Wildman–Crippen MR) is 124 cm³/mol. The van der Waals surface area contributed by atoms with Gasteiger partial charge in [-0.15, -0.1) is 0 Å². The lowest BCUT2D eigenvalue weighted by Crippen LogP contribution is -2.26. The highest BCUT2D eigenvalue weighted by Gasteiger charge is 2.16. The van der Waals surface area contributed by atoms with Crippen LogP contribution >= 0.6 is 11.8 Å². The molecule has 2 aromatic carbocycles. The minimum absolute atomic E-state index is 0.0719. The monoisotopic (exact) mass is 433 g/mol. The molecule has 158 valence electrons. The van der Waals surface area contributed by atoms with Gasteiger partial charge < -0.3 is 5.32 Å². The molecule has 4 rings (SSSR count). The van der Waals surface area contributed by atoms with Gasteiger partial charge >= 0.3 is 0 Å². The third kappa shape index (κ3) is 4.39. The van der Waals surface area contributed by atoms with Gasteiger partial charge in [-0.25, -0.2) is 9.67 Å². The minimum atomic E-state index is -0.195. The Hall–Kier alpha value is -3.39. The van der Waals surface area contributed by atoms with E-state index in [-0.39, 0.29) is 23.3 Å². The quantitative estimate of drug-likeness (QED) is 0.364. The van der Waals surface area contributed by atoms with Crippen molar-refractivity contribution in [2.75, 3.05) is 11.1 Å². The number of rotatable bonds is 6. The Kier molecular flexibility index (Phi) is 5.90. The Labute approximate surface area is 184 Å². The van der Waals surface area contributed by atoms with Crippen LogP contribution in [-0.4, -0.2) is 31.0 Å². The van der Waals surface area contributed by atoms with Gasteiger partial charge in [0.05, 0.1) is 28.0 Å². The van der Waals surface area contributed by atoms with Crippen LogP contribution in [0.2, 0.25) is 0 Å². The number of amides is 1. The number of aryl methyl sites for hydroxylation is 1. The summed E-state index contributed by atoms with van der Waals surface area (Å²) in [7, 11) is 0. The molecular weight excluding hydrogens is 410 g/mol. The number of carbonyl (C=O) groups excluding carboxylic acids is 1. The number of fused-ring (bicyclic) bond motifs is 1. The third-order valence-corrected chi connectivity index (χ3v) is 5.68. The van der Waals surface area contributed by atoms with E-state index in [0.717, 1.165) is 11.4 Å². The summed E-state index contributed by atoms with van der Waals surface area (Å²) in [4.78, 5) is 30.3. The highest BCUT2D eigenvalue weighted by atomic mass is 32.2. The summed E-state index contributed by atoms with van der Waals surface area (Å²) < 4.78 is 3.34. The molecule has 1 N–H and O–H groups in total. The van der Waals surface area contributed by atoms with Gasteiger partial charge in [-0.2, -0.15) is 5.10 Å². The van der Waals surface area contributed by atoms with Crippen molar-refractivity contribution in [3.63, 3.8) is 0 Å². The second-order valence-corrected chi connectivity index (χ2v) is 8.38. The summed E-state index contributed by atoms with van der Waals surface area (Å²) in [5, 5.41) is 8.50. The molecule has 0 saturated carbocycles. The van der Waals surface area contributed by atoms with E-state index in [0.29, 0.717) is 21.9 Å². The van der Waals surface area contributed by atoms with Gasteiger partial charge in [-0.3, -0.25) is 14.2 Å². The van der Waals surface area contributed by atoms with Crippen molar-refractivity contribution in [2.45, 2.75) is 32.0 Å². The molecule has 2 heterocycles. The Morgan fingerprint density at radius 2 is 1.81 bits per heavy atom. The van der Waals surface area contributed by atoms with E-state index in [4.69, 9.17) is 0 Å². The molecule has 7 nitrogen and oxygen atoms in total. The zero-order valence-electron chi connectivity index (χ0n) is 17.6. The van der Waals surface area contributed by atoms with Gasteiger partial charge in [0, 0.05) is 12.1 Å². The zero-order chi connectivity index (χ0) is 22.0.